The highest BCUT2D eigenvalue weighted by atomic mass is 16.3. The van der Waals surface area contributed by atoms with Gasteiger partial charge in [0.1, 0.15) is 0 Å². The molecule has 0 aromatic heterocycles. The molecule has 2 rings (SSSR count). The molecule has 134 valence electrons. The number of nitrogens with one attached hydrogen (secondary N) is 2. The van der Waals surface area contributed by atoms with E-state index in [-0.39, 0.29) is 18.7 Å². The highest BCUT2D eigenvalue weighted by Gasteiger charge is 2.25. The third kappa shape index (κ3) is 5.80. The van der Waals surface area contributed by atoms with Crippen molar-refractivity contribution >= 4 is 6.03 Å². The number of hydrogen-bond acceptors (Lipinski definition) is 3. The van der Waals surface area contributed by atoms with Gasteiger partial charge in [0.05, 0.1) is 6.04 Å². The topological polar surface area (TPSA) is 64.6 Å². The summed E-state index contributed by atoms with van der Waals surface area (Å²) in [5.74, 6) is 0.645. The Morgan fingerprint density at radius 2 is 2.08 bits per heavy atom. The molecule has 1 saturated heterocycles. The van der Waals surface area contributed by atoms with E-state index in [9.17, 15) is 9.90 Å². The lowest BCUT2D eigenvalue weighted by atomic mass is 10.0. The molecule has 0 aliphatic carbocycles. The molecule has 24 heavy (non-hydrogen) atoms. The molecule has 0 saturated carbocycles. The first-order valence-electron chi connectivity index (χ1n) is 9.04. The summed E-state index contributed by atoms with van der Waals surface area (Å²) in [4.78, 5) is 14.7. The fraction of sp³-hybridized carbons (Fsp3) is 0.632. The van der Waals surface area contributed by atoms with E-state index >= 15 is 0 Å². The van der Waals surface area contributed by atoms with E-state index in [0.717, 1.165) is 25.1 Å². The van der Waals surface area contributed by atoms with Crippen molar-refractivity contribution in [3.63, 3.8) is 0 Å². The molecule has 5 heteroatoms. The van der Waals surface area contributed by atoms with Crippen molar-refractivity contribution in [2.24, 2.45) is 5.92 Å². The fourth-order valence-corrected chi connectivity index (χ4v) is 3.39. The van der Waals surface area contributed by atoms with Crippen LogP contribution in [0.15, 0.2) is 30.3 Å². The summed E-state index contributed by atoms with van der Waals surface area (Å²) in [7, 11) is 0. The number of carbonyl (C=O) groups excluding carboxylic acids is 1. The van der Waals surface area contributed by atoms with Crippen molar-refractivity contribution in [3.8, 4) is 0 Å². The molecule has 1 fully saturated rings. The molecule has 1 heterocycles. The Hall–Kier alpha value is -1.59. The van der Waals surface area contributed by atoms with E-state index in [0.29, 0.717) is 24.9 Å². The molecule has 5 nitrogen and oxygen atoms in total. The minimum atomic E-state index is -0.161. The van der Waals surface area contributed by atoms with Gasteiger partial charge in [-0.3, -0.25) is 4.90 Å². The van der Waals surface area contributed by atoms with Gasteiger partial charge in [-0.2, -0.15) is 0 Å². The second-order valence-corrected chi connectivity index (χ2v) is 7.01. The van der Waals surface area contributed by atoms with Gasteiger partial charge in [0.2, 0.25) is 0 Å². The van der Waals surface area contributed by atoms with Gasteiger partial charge in [0.25, 0.3) is 0 Å². The fourth-order valence-electron chi connectivity index (χ4n) is 3.39. The largest absolute Gasteiger partial charge is 0.396 e. The molecule has 1 aliphatic heterocycles. The predicted molar refractivity (Wildman–Crippen MR) is 96.9 cm³/mol. The van der Waals surface area contributed by atoms with Crippen molar-refractivity contribution < 1.29 is 9.90 Å². The molecule has 2 amide bonds. The smallest absolute Gasteiger partial charge is 0.315 e. The highest BCUT2D eigenvalue weighted by Crippen LogP contribution is 2.18. The SMILES string of the molecule is CC(C)CN1CCC[C@@H]1CNC(=O)N[C@H](CCO)c1ccccc1. The Labute approximate surface area is 145 Å². The predicted octanol–water partition coefficient (Wildman–Crippen LogP) is 2.53. The Bertz CT molecular complexity index is 493. The first-order chi connectivity index (χ1) is 11.6. The number of rotatable bonds is 8. The summed E-state index contributed by atoms with van der Waals surface area (Å²) < 4.78 is 0. The third-order valence-corrected chi connectivity index (χ3v) is 4.52. The Kier molecular flexibility index (Phi) is 7.53. The minimum absolute atomic E-state index is 0.0463. The number of aliphatic hydroxyl groups excluding tert-OH is 1. The molecule has 1 aromatic rings. The van der Waals surface area contributed by atoms with Crippen molar-refractivity contribution in [3.05, 3.63) is 35.9 Å². The molecular formula is C19H31N3O2. The van der Waals surface area contributed by atoms with E-state index in [1.807, 2.05) is 30.3 Å². The molecule has 2 atom stereocenters. The van der Waals surface area contributed by atoms with Gasteiger partial charge in [0.15, 0.2) is 0 Å². The molecule has 0 radical (unpaired) electrons. The average molecular weight is 333 g/mol. The molecular weight excluding hydrogens is 302 g/mol. The van der Waals surface area contributed by atoms with E-state index < -0.39 is 0 Å². The number of benzene rings is 1. The van der Waals surface area contributed by atoms with Crippen molar-refractivity contribution in [1.82, 2.24) is 15.5 Å². The van der Waals surface area contributed by atoms with Gasteiger partial charge in [-0.05, 0) is 37.3 Å². The zero-order valence-electron chi connectivity index (χ0n) is 14.9. The summed E-state index contributed by atoms with van der Waals surface area (Å²) in [5.41, 5.74) is 1.02. The van der Waals surface area contributed by atoms with Crippen molar-refractivity contribution in [2.75, 3.05) is 26.2 Å². The number of hydrogen-bond donors (Lipinski definition) is 3. The summed E-state index contributed by atoms with van der Waals surface area (Å²) in [6.07, 6.45) is 2.87. The van der Waals surface area contributed by atoms with Crippen LogP contribution in [0.3, 0.4) is 0 Å². The van der Waals surface area contributed by atoms with E-state index in [4.69, 9.17) is 0 Å². The third-order valence-electron chi connectivity index (χ3n) is 4.52. The summed E-state index contributed by atoms with van der Waals surface area (Å²) in [5, 5.41) is 15.3. The van der Waals surface area contributed by atoms with E-state index in [2.05, 4.69) is 29.4 Å². The molecule has 0 spiro atoms. The average Bonchev–Trinajstić information content (AvgIpc) is 3.00. The number of amides is 2. The van der Waals surface area contributed by atoms with Crippen molar-refractivity contribution in [2.45, 2.75) is 45.2 Å². The second-order valence-electron chi connectivity index (χ2n) is 7.01. The summed E-state index contributed by atoms with van der Waals surface area (Å²) >= 11 is 0. The van der Waals surface area contributed by atoms with Crippen LogP contribution in [0, 0.1) is 5.92 Å². The van der Waals surface area contributed by atoms with E-state index in [1.54, 1.807) is 0 Å². The van der Waals surface area contributed by atoms with Crippen molar-refractivity contribution in [1.29, 1.82) is 0 Å². The normalized spacial score (nSPS) is 19.4. The standard InChI is InChI=1S/C19H31N3O2/c1-15(2)14-22-11-6-9-17(22)13-20-19(24)21-18(10-12-23)16-7-4-3-5-8-16/h3-5,7-8,15,17-18,23H,6,9-14H2,1-2H3,(H2,20,21,24)/t17-,18-/m1/s1. The zero-order chi connectivity index (χ0) is 17.4. The minimum Gasteiger partial charge on any atom is -0.396 e. The van der Waals surface area contributed by atoms with Crippen LogP contribution < -0.4 is 10.6 Å². The number of carbonyl (C=O) groups is 1. The Balaban J connectivity index is 1.83. The van der Waals surface area contributed by atoms with Gasteiger partial charge in [0, 0.05) is 25.7 Å². The molecule has 1 aliphatic rings. The first-order valence-corrected chi connectivity index (χ1v) is 9.04. The molecule has 1 aromatic carbocycles. The van der Waals surface area contributed by atoms with Crippen LogP contribution in [0.1, 0.15) is 44.7 Å². The monoisotopic (exact) mass is 333 g/mol. The van der Waals surface area contributed by atoms with Crippen LogP contribution in [0.2, 0.25) is 0 Å². The number of nitrogens with zero attached hydrogens (tertiary/aromatic N) is 1. The maximum Gasteiger partial charge on any atom is 0.315 e. The molecule has 0 bridgehead atoms. The van der Waals surface area contributed by atoms with Crippen LogP contribution in [0.25, 0.3) is 0 Å². The maximum atomic E-state index is 12.3. The first kappa shape index (κ1) is 18.7. The second kappa shape index (κ2) is 9.64. The zero-order valence-corrected chi connectivity index (χ0v) is 14.9. The van der Waals surface area contributed by atoms with Gasteiger partial charge < -0.3 is 15.7 Å². The lowest BCUT2D eigenvalue weighted by Gasteiger charge is -2.27. The van der Waals surface area contributed by atoms with Crippen LogP contribution >= 0.6 is 0 Å². The van der Waals surface area contributed by atoms with Gasteiger partial charge >= 0.3 is 6.03 Å². The Morgan fingerprint density at radius 3 is 2.75 bits per heavy atom. The van der Waals surface area contributed by atoms with Crippen LogP contribution in [0.4, 0.5) is 4.79 Å². The maximum absolute atomic E-state index is 12.3. The number of likely N-dealkylation sites (tertiary alicyclic amines) is 1. The molecule has 0 unspecified atom stereocenters. The van der Waals surface area contributed by atoms with Gasteiger partial charge in [-0.25, -0.2) is 4.79 Å². The summed E-state index contributed by atoms with van der Waals surface area (Å²) in [6.45, 7) is 7.40. The van der Waals surface area contributed by atoms with Gasteiger partial charge in [-0.15, -0.1) is 0 Å². The summed E-state index contributed by atoms with van der Waals surface area (Å²) in [6, 6.07) is 9.90. The quantitative estimate of drug-likeness (QED) is 0.685. The van der Waals surface area contributed by atoms with Crippen LogP contribution in [-0.4, -0.2) is 48.3 Å². The van der Waals surface area contributed by atoms with Crippen LogP contribution in [0.5, 0.6) is 0 Å². The number of urea groups is 1. The van der Waals surface area contributed by atoms with E-state index in [1.165, 1.54) is 6.42 Å². The highest BCUT2D eigenvalue weighted by molar-refractivity contribution is 5.74. The lowest BCUT2D eigenvalue weighted by molar-refractivity contribution is 0.209. The number of aliphatic hydroxyl groups is 1. The van der Waals surface area contributed by atoms with Gasteiger partial charge in [-0.1, -0.05) is 44.2 Å². The Morgan fingerprint density at radius 1 is 1.33 bits per heavy atom. The lowest BCUT2D eigenvalue weighted by Crippen LogP contribution is -2.45. The van der Waals surface area contributed by atoms with Crippen LogP contribution in [-0.2, 0) is 0 Å². The molecule has 3 N–H and O–H groups in total.